The Morgan fingerprint density at radius 2 is 1.42 bits per heavy atom. The molecule has 0 saturated carbocycles. The molecule has 1 aromatic heterocycles. The van der Waals surface area contributed by atoms with Gasteiger partial charge in [-0.05, 0) is 26.0 Å². The van der Waals surface area contributed by atoms with E-state index in [1.54, 1.807) is 12.1 Å². The Morgan fingerprint density at radius 3 is 2.11 bits per heavy atom. The maximum Gasteiger partial charge on any atom is 0.172 e. The second kappa shape index (κ2) is 5.71. The molecule has 2 rings (SSSR count). The van der Waals surface area contributed by atoms with E-state index in [0.717, 1.165) is 11.4 Å². The summed E-state index contributed by atoms with van der Waals surface area (Å²) in [6.45, 7) is 3.68. The molecule has 1 N–H and O–H groups in total. The number of halogens is 4. The van der Waals surface area contributed by atoms with Crippen LogP contribution >= 0.6 is 46.4 Å². The SMILES string of the molecule is Cc1nc(Cl)c(Nc2cc(Cl)c(Cl)cc2Cl)nc1C. The lowest BCUT2D eigenvalue weighted by Crippen LogP contribution is -2.01. The van der Waals surface area contributed by atoms with Crippen LogP contribution in [0.25, 0.3) is 0 Å². The molecule has 1 aromatic carbocycles. The first-order valence-electron chi connectivity index (χ1n) is 5.31. The van der Waals surface area contributed by atoms with Crippen LogP contribution in [0.15, 0.2) is 12.1 Å². The molecule has 100 valence electrons. The third-order valence-corrected chi connectivity index (χ3v) is 3.83. The molecule has 0 radical (unpaired) electrons. The summed E-state index contributed by atoms with van der Waals surface area (Å²) in [7, 11) is 0. The monoisotopic (exact) mass is 335 g/mol. The van der Waals surface area contributed by atoms with E-state index in [-0.39, 0.29) is 5.15 Å². The molecule has 7 heteroatoms. The molecule has 0 saturated heterocycles. The number of benzene rings is 1. The lowest BCUT2D eigenvalue weighted by atomic mass is 10.3. The first-order chi connectivity index (χ1) is 8.88. The fourth-order valence-electron chi connectivity index (χ4n) is 1.40. The predicted octanol–water partition coefficient (Wildman–Crippen LogP) is 5.45. The fraction of sp³-hybridized carbons (Fsp3) is 0.167. The van der Waals surface area contributed by atoms with Gasteiger partial charge in [0.05, 0.1) is 32.1 Å². The Bertz CT molecular complexity index is 588. The van der Waals surface area contributed by atoms with Crippen molar-refractivity contribution in [2.75, 3.05) is 5.32 Å². The van der Waals surface area contributed by atoms with Crippen molar-refractivity contribution in [1.82, 2.24) is 9.97 Å². The second-order valence-electron chi connectivity index (χ2n) is 3.91. The third kappa shape index (κ3) is 3.23. The molecular formula is C12H9Cl4N3. The van der Waals surface area contributed by atoms with E-state index in [1.165, 1.54) is 0 Å². The van der Waals surface area contributed by atoms with Crippen molar-refractivity contribution in [2.24, 2.45) is 0 Å². The molecule has 0 fully saturated rings. The molecule has 0 aliphatic rings. The van der Waals surface area contributed by atoms with Crippen LogP contribution < -0.4 is 5.32 Å². The average molecular weight is 337 g/mol. The van der Waals surface area contributed by atoms with E-state index in [1.807, 2.05) is 13.8 Å². The summed E-state index contributed by atoms with van der Waals surface area (Å²) in [5, 5.41) is 4.46. The van der Waals surface area contributed by atoms with Gasteiger partial charge < -0.3 is 5.32 Å². The minimum Gasteiger partial charge on any atom is -0.336 e. The summed E-state index contributed by atoms with van der Waals surface area (Å²) in [5.41, 5.74) is 2.12. The van der Waals surface area contributed by atoms with Crippen LogP contribution in [0.3, 0.4) is 0 Å². The molecule has 2 aromatic rings. The molecule has 19 heavy (non-hydrogen) atoms. The van der Waals surface area contributed by atoms with Gasteiger partial charge in [-0.25, -0.2) is 9.97 Å². The van der Waals surface area contributed by atoms with Crippen molar-refractivity contribution in [1.29, 1.82) is 0 Å². The van der Waals surface area contributed by atoms with Crippen LogP contribution in [0, 0.1) is 13.8 Å². The number of nitrogens with one attached hydrogen (secondary N) is 1. The van der Waals surface area contributed by atoms with E-state index in [2.05, 4.69) is 15.3 Å². The smallest absolute Gasteiger partial charge is 0.172 e. The highest BCUT2D eigenvalue weighted by atomic mass is 35.5. The molecule has 0 aliphatic carbocycles. The van der Waals surface area contributed by atoms with Gasteiger partial charge in [-0.1, -0.05) is 46.4 Å². The molecule has 3 nitrogen and oxygen atoms in total. The molecule has 0 aliphatic heterocycles. The number of nitrogens with zero attached hydrogens (tertiary/aromatic N) is 2. The van der Waals surface area contributed by atoms with Gasteiger partial charge >= 0.3 is 0 Å². The van der Waals surface area contributed by atoms with E-state index < -0.39 is 0 Å². The average Bonchev–Trinajstić information content (AvgIpc) is 2.32. The predicted molar refractivity (Wildman–Crippen MR) is 81.3 cm³/mol. The fourth-order valence-corrected chi connectivity index (χ4v) is 2.21. The Labute approximate surface area is 130 Å². The summed E-state index contributed by atoms with van der Waals surface area (Å²) >= 11 is 23.9. The molecule has 0 spiro atoms. The van der Waals surface area contributed by atoms with Crippen molar-refractivity contribution in [3.63, 3.8) is 0 Å². The van der Waals surface area contributed by atoms with Crippen LogP contribution in [0.1, 0.15) is 11.4 Å². The maximum absolute atomic E-state index is 6.08. The van der Waals surface area contributed by atoms with Crippen molar-refractivity contribution in [3.05, 3.63) is 43.7 Å². The summed E-state index contributed by atoms with van der Waals surface area (Å²) < 4.78 is 0. The minimum atomic E-state index is 0.269. The van der Waals surface area contributed by atoms with Crippen LogP contribution in [-0.2, 0) is 0 Å². The minimum absolute atomic E-state index is 0.269. The number of rotatable bonds is 2. The number of aromatic nitrogens is 2. The number of aryl methyl sites for hydroxylation is 2. The van der Waals surface area contributed by atoms with Crippen LogP contribution in [0.4, 0.5) is 11.5 Å². The van der Waals surface area contributed by atoms with Gasteiger partial charge in [0.25, 0.3) is 0 Å². The Balaban J connectivity index is 2.42. The zero-order valence-electron chi connectivity index (χ0n) is 10.1. The van der Waals surface area contributed by atoms with Crippen molar-refractivity contribution in [3.8, 4) is 0 Å². The lowest BCUT2D eigenvalue weighted by molar-refractivity contribution is 1.05. The molecule has 0 bridgehead atoms. The number of hydrogen-bond donors (Lipinski definition) is 1. The second-order valence-corrected chi connectivity index (χ2v) is 5.48. The third-order valence-electron chi connectivity index (χ3n) is 2.53. The van der Waals surface area contributed by atoms with E-state index in [9.17, 15) is 0 Å². The lowest BCUT2D eigenvalue weighted by Gasteiger charge is -2.11. The van der Waals surface area contributed by atoms with E-state index >= 15 is 0 Å². The summed E-state index contributed by atoms with van der Waals surface area (Å²) in [4.78, 5) is 8.50. The van der Waals surface area contributed by atoms with Crippen molar-refractivity contribution in [2.45, 2.75) is 13.8 Å². The Morgan fingerprint density at radius 1 is 0.842 bits per heavy atom. The van der Waals surface area contributed by atoms with Crippen molar-refractivity contribution >= 4 is 57.9 Å². The first-order valence-corrected chi connectivity index (χ1v) is 6.82. The molecule has 0 atom stereocenters. The zero-order chi connectivity index (χ0) is 14.2. The highest BCUT2D eigenvalue weighted by Gasteiger charge is 2.11. The molecule has 0 unspecified atom stereocenters. The quantitative estimate of drug-likeness (QED) is 0.741. The highest BCUT2D eigenvalue weighted by molar-refractivity contribution is 6.44. The number of anilines is 2. The van der Waals surface area contributed by atoms with Crippen LogP contribution in [0.5, 0.6) is 0 Å². The van der Waals surface area contributed by atoms with Gasteiger partial charge in [0.2, 0.25) is 0 Å². The van der Waals surface area contributed by atoms with Crippen LogP contribution in [-0.4, -0.2) is 9.97 Å². The molecular weight excluding hydrogens is 328 g/mol. The molecule has 1 heterocycles. The van der Waals surface area contributed by atoms with Gasteiger partial charge in [-0.15, -0.1) is 0 Å². The zero-order valence-corrected chi connectivity index (χ0v) is 13.1. The first kappa shape index (κ1) is 14.7. The van der Waals surface area contributed by atoms with E-state index in [4.69, 9.17) is 46.4 Å². The normalized spacial score (nSPS) is 10.6. The van der Waals surface area contributed by atoms with E-state index in [0.29, 0.717) is 26.6 Å². The summed E-state index contributed by atoms with van der Waals surface area (Å²) in [5.74, 6) is 0.421. The Hall–Kier alpha value is -0.740. The summed E-state index contributed by atoms with van der Waals surface area (Å²) in [6, 6.07) is 3.16. The largest absolute Gasteiger partial charge is 0.336 e. The van der Waals surface area contributed by atoms with Gasteiger partial charge in [0.15, 0.2) is 11.0 Å². The molecule has 0 amide bonds. The number of hydrogen-bond acceptors (Lipinski definition) is 3. The van der Waals surface area contributed by atoms with Gasteiger partial charge in [-0.2, -0.15) is 0 Å². The van der Waals surface area contributed by atoms with Crippen molar-refractivity contribution < 1.29 is 0 Å². The Kier molecular flexibility index (Phi) is 4.41. The highest BCUT2D eigenvalue weighted by Crippen LogP contribution is 2.34. The van der Waals surface area contributed by atoms with Crippen LogP contribution in [0.2, 0.25) is 20.2 Å². The van der Waals surface area contributed by atoms with Gasteiger partial charge in [0.1, 0.15) is 0 Å². The topological polar surface area (TPSA) is 37.8 Å². The van der Waals surface area contributed by atoms with Gasteiger partial charge in [0, 0.05) is 0 Å². The van der Waals surface area contributed by atoms with Gasteiger partial charge in [-0.3, -0.25) is 0 Å². The summed E-state index contributed by atoms with van der Waals surface area (Å²) in [6.07, 6.45) is 0. The maximum atomic E-state index is 6.08. The standard InChI is InChI=1S/C12H9Cl4N3/c1-5-6(2)18-12(11(16)17-5)19-10-4-8(14)7(13)3-9(10)15/h3-4H,1-2H3,(H,18,19).